The summed E-state index contributed by atoms with van der Waals surface area (Å²) in [5.41, 5.74) is 2.83. The first kappa shape index (κ1) is 14.0. The number of hydrogen-bond donors (Lipinski definition) is 2. The minimum absolute atomic E-state index is 0.103. The quantitative estimate of drug-likeness (QED) is 0.759. The third kappa shape index (κ3) is 2.97. The predicted octanol–water partition coefficient (Wildman–Crippen LogP) is 3.41. The highest BCUT2D eigenvalue weighted by Gasteiger charge is 2.26. The molecule has 1 aliphatic carbocycles. The van der Waals surface area contributed by atoms with Crippen LogP contribution in [0.5, 0.6) is 0 Å². The Labute approximate surface area is 134 Å². The van der Waals surface area contributed by atoms with Gasteiger partial charge in [0.25, 0.3) is 5.91 Å². The van der Waals surface area contributed by atoms with E-state index in [1.807, 2.05) is 18.2 Å². The van der Waals surface area contributed by atoms with Gasteiger partial charge in [-0.25, -0.2) is 0 Å². The number of H-pyrrole nitrogens is 1. The summed E-state index contributed by atoms with van der Waals surface area (Å²) in [5.74, 6) is 0.480. The van der Waals surface area contributed by atoms with Crippen LogP contribution in [0.25, 0.3) is 10.8 Å². The fraction of sp³-hybridized carbons (Fsp3) is 0.263. The van der Waals surface area contributed by atoms with Gasteiger partial charge in [0.05, 0.1) is 0 Å². The van der Waals surface area contributed by atoms with Crippen molar-refractivity contribution in [3.05, 3.63) is 65.5 Å². The molecule has 3 aromatic rings. The van der Waals surface area contributed by atoms with Gasteiger partial charge in [0, 0.05) is 18.2 Å². The Balaban J connectivity index is 1.39. The van der Waals surface area contributed by atoms with Gasteiger partial charge in [-0.05, 0) is 41.7 Å². The number of nitrogens with one attached hydrogen (secondary N) is 2. The van der Waals surface area contributed by atoms with Gasteiger partial charge >= 0.3 is 0 Å². The molecule has 2 N–H and O–H groups in total. The number of amides is 1. The van der Waals surface area contributed by atoms with Gasteiger partial charge in [-0.2, -0.15) is 5.10 Å². The van der Waals surface area contributed by atoms with Crippen LogP contribution in [0.2, 0.25) is 0 Å². The second-order valence-corrected chi connectivity index (χ2v) is 6.13. The van der Waals surface area contributed by atoms with Gasteiger partial charge in [0.15, 0.2) is 0 Å². The van der Waals surface area contributed by atoms with Crippen molar-refractivity contribution >= 4 is 16.7 Å². The molecule has 1 aliphatic rings. The Morgan fingerprint density at radius 2 is 2.00 bits per heavy atom. The molecule has 2 aromatic carbocycles. The third-order valence-corrected chi connectivity index (χ3v) is 4.41. The fourth-order valence-corrected chi connectivity index (χ4v) is 2.97. The average Bonchev–Trinajstić information content (AvgIpc) is 3.32. The van der Waals surface area contributed by atoms with Crippen molar-refractivity contribution in [1.82, 2.24) is 15.5 Å². The van der Waals surface area contributed by atoms with E-state index in [0.717, 1.165) is 12.1 Å². The van der Waals surface area contributed by atoms with E-state index in [1.54, 1.807) is 0 Å². The van der Waals surface area contributed by atoms with Crippen molar-refractivity contribution in [2.45, 2.75) is 25.2 Å². The Hall–Kier alpha value is -2.62. The molecule has 1 fully saturated rings. The first-order valence-corrected chi connectivity index (χ1v) is 8.11. The summed E-state index contributed by atoms with van der Waals surface area (Å²) in [6.45, 7) is 0.610. The van der Waals surface area contributed by atoms with Crippen molar-refractivity contribution in [2.24, 2.45) is 0 Å². The fourth-order valence-electron chi connectivity index (χ4n) is 2.97. The van der Waals surface area contributed by atoms with Crippen LogP contribution in [0.3, 0.4) is 0 Å². The van der Waals surface area contributed by atoms with Crippen LogP contribution in [-0.2, 0) is 6.42 Å². The molecule has 1 aromatic heterocycles. The minimum atomic E-state index is -0.103. The van der Waals surface area contributed by atoms with E-state index in [1.165, 1.54) is 29.2 Å². The zero-order valence-corrected chi connectivity index (χ0v) is 12.9. The Bertz CT molecular complexity index is 843. The number of aromatic amines is 1. The Morgan fingerprint density at radius 1 is 1.17 bits per heavy atom. The highest BCUT2D eigenvalue weighted by Crippen LogP contribution is 2.38. The summed E-state index contributed by atoms with van der Waals surface area (Å²) in [6.07, 6.45) is 3.21. The summed E-state index contributed by atoms with van der Waals surface area (Å²) >= 11 is 0. The molecule has 23 heavy (non-hydrogen) atoms. The molecule has 0 bridgehead atoms. The SMILES string of the molecule is O=C(NCCc1cccc2ccccc12)c1cc(C2CC2)[nH]n1. The van der Waals surface area contributed by atoms with Crippen LogP contribution in [0.15, 0.2) is 48.5 Å². The first-order chi connectivity index (χ1) is 11.3. The normalized spacial score (nSPS) is 14.1. The lowest BCUT2D eigenvalue weighted by molar-refractivity contribution is 0.0949. The molecule has 1 amide bonds. The van der Waals surface area contributed by atoms with E-state index in [0.29, 0.717) is 18.2 Å². The van der Waals surface area contributed by atoms with E-state index in [9.17, 15) is 4.79 Å². The summed E-state index contributed by atoms with van der Waals surface area (Å²) in [5, 5.41) is 12.5. The molecule has 116 valence electrons. The van der Waals surface area contributed by atoms with Gasteiger partial charge in [-0.3, -0.25) is 9.89 Å². The number of hydrogen-bond acceptors (Lipinski definition) is 2. The molecular formula is C19H19N3O. The first-order valence-electron chi connectivity index (χ1n) is 8.11. The Kier molecular flexibility index (Phi) is 3.58. The van der Waals surface area contributed by atoms with Gasteiger partial charge in [0.1, 0.15) is 5.69 Å². The highest BCUT2D eigenvalue weighted by molar-refractivity contribution is 5.92. The minimum Gasteiger partial charge on any atom is -0.350 e. The zero-order chi connectivity index (χ0) is 15.6. The van der Waals surface area contributed by atoms with Crippen molar-refractivity contribution < 1.29 is 4.79 Å². The van der Waals surface area contributed by atoms with Crippen LogP contribution in [0.4, 0.5) is 0 Å². The molecule has 0 radical (unpaired) electrons. The van der Waals surface area contributed by atoms with Crippen LogP contribution in [0, 0.1) is 0 Å². The maximum atomic E-state index is 12.2. The monoisotopic (exact) mass is 305 g/mol. The van der Waals surface area contributed by atoms with E-state index in [2.05, 4.69) is 45.8 Å². The zero-order valence-electron chi connectivity index (χ0n) is 12.9. The van der Waals surface area contributed by atoms with Gasteiger partial charge in [0.2, 0.25) is 0 Å². The van der Waals surface area contributed by atoms with Crippen LogP contribution in [-0.4, -0.2) is 22.6 Å². The maximum absolute atomic E-state index is 12.2. The lowest BCUT2D eigenvalue weighted by Gasteiger charge is -2.07. The number of rotatable bonds is 5. The summed E-state index contributed by atoms with van der Waals surface area (Å²) in [7, 11) is 0. The lowest BCUT2D eigenvalue weighted by atomic mass is 10.0. The second kappa shape index (κ2) is 5.88. The molecule has 4 nitrogen and oxygen atoms in total. The average molecular weight is 305 g/mol. The maximum Gasteiger partial charge on any atom is 0.271 e. The van der Waals surface area contributed by atoms with Gasteiger partial charge < -0.3 is 5.32 Å². The van der Waals surface area contributed by atoms with Crippen LogP contribution >= 0.6 is 0 Å². The van der Waals surface area contributed by atoms with Gasteiger partial charge in [-0.1, -0.05) is 42.5 Å². The molecular weight excluding hydrogens is 286 g/mol. The van der Waals surface area contributed by atoms with Crippen LogP contribution in [0.1, 0.15) is 40.5 Å². The third-order valence-electron chi connectivity index (χ3n) is 4.41. The topological polar surface area (TPSA) is 57.8 Å². The second-order valence-electron chi connectivity index (χ2n) is 6.13. The molecule has 0 unspecified atom stereocenters. The molecule has 0 spiro atoms. The Morgan fingerprint density at radius 3 is 2.87 bits per heavy atom. The largest absolute Gasteiger partial charge is 0.350 e. The summed E-state index contributed by atoms with van der Waals surface area (Å²) < 4.78 is 0. The number of nitrogens with zero attached hydrogens (tertiary/aromatic N) is 1. The molecule has 0 saturated heterocycles. The smallest absolute Gasteiger partial charge is 0.271 e. The van der Waals surface area contributed by atoms with Crippen molar-refractivity contribution in [3.63, 3.8) is 0 Å². The number of aromatic nitrogens is 2. The molecule has 4 heteroatoms. The number of carbonyl (C=O) groups excluding carboxylic acids is 1. The molecule has 0 aliphatic heterocycles. The lowest BCUT2D eigenvalue weighted by Crippen LogP contribution is -2.26. The van der Waals surface area contributed by atoms with Crippen LogP contribution < -0.4 is 5.32 Å². The number of benzene rings is 2. The highest BCUT2D eigenvalue weighted by atomic mass is 16.1. The standard InChI is InChI=1S/C19H19N3O/c23-19(18-12-17(21-22-18)15-8-9-15)20-11-10-14-6-3-5-13-4-1-2-7-16(13)14/h1-7,12,15H,8-11H2,(H,20,23)(H,21,22). The molecule has 4 rings (SSSR count). The molecule has 1 heterocycles. The summed E-state index contributed by atoms with van der Waals surface area (Å²) in [6, 6.07) is 16.5. The van der Waals surface area contributed by atoms with E-state index >= 15 is 0 Å². The van der Waals surface area contributed by atoms with Crippen molar-refractivity contribution in [3.8, 4) is 0 Å². The van der Waals surface area contributed by atoms with E-state index < -0.39 is 0 Å². The van der Waals surface area contributed by atoms with Crippen molar-refractivity contribution in [1.29, 1.82) is 0 Å². The summed E-state index contributed by atoms with van der Waals surface area (Å²) in [4.78, 5) is 12.2. The molecule has 0 atom stereocenters. The number of fused-ring (bicyclic) bond motifs is 1. The predicted molar refractivity (Wildman–Crippen MR) is 90.5 cm³/mol. The number of carbonyl (C=O) groups is 1. The van der Waals surface area contributed by atoms with Crippen molar-refractivity contribution in [2.75, 3.05) is 6.54 Å². The van der Waals surface area contributed by atoms with E-state index in [-0.39, 0.29) is 5.91 Å². The molecule has 1 saturated carbocycles. The van der Waals surface area contributed by atoms with E-state index in [4.69, 9.17) is 0 Å². The van der Waals surface area contributed by atoms with Gasteiger partial charge in [-0.15, -0.1) is 0 Å².